The zero-order valence-electron chi connectivity index (χ0n) is 6.13. The van der Waals surface area contributed by atoms with E-state index in [1.54, 1.807) is 0 Å². The summed E-state index contributed by atoms with van der Waals surface area (Å²) in [5, 5.41) is 0. The quantitative estimate of drug-likeness (QED) is 0.588. The molecule has 1 aliphatic heterocycles. The molecule has 11 heavy (non-hydrogen) atoms. The highest BCUT2D eigenvalue weighted by Gasteiger charge is 2.25. The largest absolute Gasteiger partial charge is 0.366 e. The zero-order valence-corrected chi connectivity index (χ0v) is 6.13. The van der Waals surface area contributed by atoms with Gasteiger partial charge in [-0.1, -0.05) is 12.1 Å². The molecule has 2 heteroatoms. The summed E-state index contributed by atoms with van der Waals surface area (Å²) in [6.07, 6.45) is -0.629. The molecule has 0 N–H and O–H groups in total. The van der Waals surface area contributed by atoms with Gasteiger partial charge < -0.3 is 4.90 Å². The van der Waals surface area contributed by atoms with Crippen molar-refractivity contribution in [2.75, 3.05) is 18.0 Å². The molecule has 0 saturated carbocycles. The van der Waals surface area contributed by atoms with Crippen molar-refractivity contribution < 1.29 is 4.39 Å². The summed E-state index contributed by atoms with van der Waals surface area (Å²) < 4.78 is 12.4. The van der Waals surface area contributed by atoms with Gasteiger partial charge in [-0.25, -0.2) is 4.39 Å². The summed E-state index contributed by atoms with van der Waals surface area (Å²) in [6.45, 7) is 1.08. The highest BCUT2D eigenvalue weighted by atomic mass is 19.1. The van der Waals surface area contributed by atoms with Crippen molar-refractivity contribution in [3.63, 3.8) is 0 Å². The van der Waals surface area contributed by atoms with Gasteiger partial charge in [-0.05, 0) is 18.2 Å². The molecule has 57 valence electrons. The third-order valence-corrected chi connectivity index (χ3v) is 1.89. The summed E-state index contributed by atoms with van der Waals surface area (Å²) in [5.41, 5.74) is 1.07. The Morgan fingerprint density at radius 1 is 1.55 bits per heavy atom. The van der Waals surface area contributed by atoms with Gasteiger partial charge in [0.2, 0.25) is 0 Å². The molecule has 0 aromatic heterocycles. The third-order valence-electron chi connectivity index (χ3n) is 1.89. The molecule has 0 aliphatic carbocycles. The van der Waals surface area contributed by atoms with Crippen LogP contribution >= 0.6 is 0 Å². The highest BCUT2D eigenvalue weighted by molar-refractivity contribution is 5.48. The van der Waals surface area contributed by atoms with Gasteiger partial charge in [0.25, 0.3) is 0 Å². The second-order valence-corrected chi connectivity index (χ2v) is 2.76. The van der Waals surface area contributed by atoms with Crippen molar-refractivity contribution in [1.29, 1.82) is 0 Å². The van der Waals surface area contributed by atoms with Crippen LogP contribution in [-0.4, -0.2) is 19.3 Å². The van der Waals surface area contributed by atoms with Crippen molar-refractivity contribution in [3.8, 4) is 0 Å². The first kappa shape index (κ1) is 6.65. The van der Waals surface area contributed by atoms with Gasteiger partial charge in [-0.15, -0.1) is 0 Å². The SMILES string of the molecule is FC1CN(c2c[c]ccc2)C1. The smallest absolute Gasteiger partial charge is 0.135 e. The number of halogens is 1. The van der Waals surface area contributed by atoms with Gasteiger partial charge in [0.05, 0.1) is 13.1 Å². The van der Waals surface area contributed by atoms with Gasteiger partial charge in [0.15, 0.2) is 0 Å². The van der Waals surface area contributed by atoms with Crippen LogP contribution in [0.4, 0.5) is 10.1 Å². The molecule has 1 saturated heterocycles. The molecule has 1 aromatic carbocycles. The van der Waals surface area contributed by atoms with Crippen LogP contribution < -0.4 is 4.90 Å². The van der Waals surface area contributed by atoms with E-state index >= 15 is 0 Å². The lowest BCUT2D eigenvalue weighted by atomic mass is 10.1. The minimum Gasteiger partial charge on any atom is -0.366 e. The molecule has 1 heterocycles. The monoisotopic (exact) mass is 150 g/mol. The maximum Gasteiger partial charge on any atom is 0.135 e. The molecule has 0 spiro atoms. The summed E-state index contributed by atoms with van der Waals surface area (Å²) in [6, 6.07) is 10.6. The lowest BCUT2D eigenvalue weighted by Crippen LogP contribution is -2.48. The van der Waals surface area contributed by atoms with Gasteiger partial charge >= 0.3 is 0 Å². The number of alkyl halides is 1. The maximum atomic E-state index is 12.4. The highest BCUT2D eigenvalue weighted by Crippen LogP contribution is 2.20. The van der Waals surface area contributed by atoms with Crippen LogP contribution in [-0.2, 0) is 0 Å². The van der Waals surface area contributed by atoms with E-state index in [9.17, 15) is 4.39 Å². The Hall–Kier alpha value is -1.05. The Bertz CT molecular complexity index is 229. The van der Waals surface area contributed by atoms with Crippen LogP contribution in [0.2, 0.25) is 0 Å². The Balaban J connectivity index is 2.08. The fourth-order valence-electron chi connectivity index (χ4n) is 1.22. The minimum atomic E-state index is -0.629. The average Bonchev–Trinajstić information content (AvgIpc) is 2.01. The maximum absolute atomic E-state index is 12.4. The van der Waals surface area contributed by atoms with Crippen LogP contribution in [0, 0.1) is 6.07 Å². The second kappa shape index (κ2) is 2.53. The van der Waals surface area contributed by atoms with Crippen molar-refractivity contribution in [3.05, 3.63) is 30.3 Å². The summed E-state index contributed by atoms with van der Waals surface area (Å²) in [5.74, 6) is 0. The van der Waals surface area contributed by atoms with Crippen LogP contribution in [0.25, 0.3) is 0 Å². The standard InChI is InChI=1S/C9H9FN/c10-8-6-11(7-8)9-4-2-1-3-5-9/h1-2,4-5,8H,6-7H2. The van der Waals surface area contributed by atoms with Gasteiger partial charge in [-0.2, -0.15) is 0 Å². The van der Waals surface area contributed by atoms with Crippen molar-refractivity contribution in [2.24, 2.45) is 0 Å². The first-order valence-corrected chi connectivity index (χ1v) is 3.71. The topological polar surface area (TPSA) is 3.24 Å². The first-order valence-electron chi connectivity index (χ1n) is 3.71. The van der Waals surface area contributed by atoms with Gasteiger partial charge in [0.1, 0.15) is 6.17 Å². The van der Waals surface area contributed by atoms with Crippen LogP contribution in [0.5, 0.6) is 0 Å². The number of benzene rings is 1. The summed E-state index contributed by atoms with van der Waals surface area (Å²) in [4.78, 5) is 2.00. The number of nitrogens with zero attached hydrogens (tertiary/aromatic N) is 1. The summed E-state index contributed by atoms with van der Waals surface area (Å²) in [7, 11) is 0. The Kier molecular flexibility index (Phi) is 1.53. The molecule has 0 amide bonds. The second-order valence-electron chi connectivity index (χ2n) is 2.76. The Morgan fingerprint density at radius 3 is 2.91 bits per heavy atom. The fourth-order valence-corrected chi connectivity index (χ4v) is 1.22. The Morgan fingerprint density at radius 2 is 2.36 bits per heavy atom. The number of hydrogen-bond acceptors (Lipinski definition) is 1. The van der Waals surface area contributed by atoms with E-state index in [2.05, 4.69) is 6.07 Å². The molecule has 0 atom stereocenters. The van der Waals surface area contributed by atoms with Gasteiger partial charge in [0, 0.05) is 5.69 Å². The molecule has 1 nitrogen and oxygen atoms in total. The molecule has 0 bridgehead atoms. The number of anilines is 1. The van der Waals surface area contributed by atoms with E-state index in [1.807, 2.05) is 29.2 Å². The van der Waals surface area contributed by atoms with Crippen LogP contribution in [0.3, 0.4) is 0 Å². The molecule has 2 rings (SSSR count). The van der Waals surface area contributed by atoms with Crippen molar-refractivity contribution >= 4 is 5.69 Å². The fraction of sp³-hybridized carbons (Fsp3) is 0.333. The predicted molar refractivity (Wildman–Crippen MR) is 42.4 cm³/mol. The molecule has 1 aromatic rings. The zero-order chi connectivity index (χ0) is 7.68. The molecule has 1 fully saturated rings. The average molecular weight is 150 g/mol. The molecular weight excluding hydrogens is 141 g/mol. The minimum absolute atomic E-state index is 0.540. The summed E-state index contributed by atoms with van der Waals surface area (Å²) >= 11 is 0. The van der Waals surface area contributed by atoms with E-state index in [-0.39, 0.29) is 0 Å². The third kappa shape index (κ3) is 1.20. The van der Waals surface area contributed by atoms with Crippen LogP contribution in [0.1, 0.15) is 0 Å². The molecular formula is C9H9FN. The molecule has 1 radical (unpaired) electrons. The van der Waals surface area contributed by atoms with Crippen molar-refractivity contribution in [1.82, 2.24) is 0 Å². The normalized spacial score (nSPS) is 18.1. The van der Waals surface area contributed by atoms with E-state index in [4.69, 9.17) is 0 Å². The predicted octanol–water partition coefficient (Wildman–Crippen LogP) is 1.64. The number of hydrogen-bond donors (Lipinski definition) is 0. The van der Waals surface area contributed by atoms with E-state index in [1.165, 1.54) is 0 Å². The lowest BCUT2D eigenvalue weighted by molar-refractivity contribution is 0.275. The lowest BCUT2D eigenvalue weighted by Gasteiger charge is -2.36. The van der Waals surface area contributed by atoms with E-state index < -0.39 is 6.17 Å². The van der Waals surface area contributed by atoms with E-state index in [0.29, 0.717) is 13.1 Å². The van der Waals surface area contributed by atoms with E-state index in [0.717, 1.165) is 5.69 Å². The van der Waals surface area contributed by atoms with Gasteiger partial charge in [-0.3, -0.25) is 0 Å². The molecule has 1 aliphatic rings. The number of rotatable bonds is 1. The Labute approximate surface area is 65.4 Å². The molecule has 0 unspecified atom stereocenters. The first-order chi connectivity index (χ1) is 5.36. The van der Waals surface area contributed by atoms with Crippen LogP contribution in [0.15, 0.2) is 24.3 Å². The van der Waals surface area contributed by atoms with Crippen molar-refractivity contribution in [2.45, 2.75) is 6.17 Å².